The molecule has 0 bridgehead atoms. The second-order valence-corrected chi connectivity index (χ2v) is 3.89. The highest BCUT2D eigenvalue weighted by atomic mass is 19.1. The van der Waals surface area contributed by atoms with E-state index < -0.39 is 5.41 Å². The summed E-state index contributed by atoms with van der Waals surface area (Å²) in [7, 11) is 1.50. The minimum Gasteiger partial charge on any atom is -0.496 e. The zero-order valence-corrected chi connectivity index (χ0v) is 8.59. The topological polar surface area (TPSA) is 33.0 Å². The van der Waals surface area contributed by atoms with Crippen molar-refractivity contribution in [3.8, 4) is 11.8 Å². The minimum absolute atomic E-state index is 0.331. The van der Waals surface area contributed by atoms with Gasteiger partial charge >= 0.3 is 0 Å². The highest BCUT2D eigenvalue weighted by molar-refractivity contribution is 5.45. The smallest absolute Gasteiger partial charge is 0.126 e. The first-order valence-corrected chi connectivity index (χ1v) is 4.97. The molecule has 0 aliphatic heterocycles. The van der Waals surface area contributed by atoms with E-state index in [1.165, 1.54) is 19.2 Å². The van der Waals surface area contributed by atoms with Crippen molar-refractivity contribution in [3.05, 3.63) is 29.6 Å². The summed E-state index contributed by atoms with van der Waals surface area (Å²) in [5.41, 5.74) is 0.374. The summed E-state index contributed by atoms with van der Waals surface area (Å²) in [6.07, 6.45) is 2.73. The number of ether oxygens (including phenoxy) is 1. The highest BCUT2D eigenvalue weighted by Gasteiger charge is 2.41. The molecule has 1 aromatic carbocycles. The number of benzene rings is 1. The van der Waals surface area contributed by atoms with E-state index in [0.717, 1.165) is 24.8 Å². The van der Waals surface area contributed by atoms with Crippen molar-refractivity contribution >= 4 is 0 Å². The third-order valence-electron chi connectivity index (χ3n) is 3.10. The third-order valence-corrected chi connectivity index (χ3v) is 3.10. The van der Waals surface area contributed by atoms with Crippen LogP contribution >= 0.6 is 0 Å². The summed E-state index contributed by atoms with van der Waals surface area (Å²) in [5.74, 6) is 0.152. The highest BCUT2D eigenvalue weighted by Crippen LogP contribution is 2.46. The van der Waals surface area contributed by atoms with Gasteiger partial charge < -0.3 is 4.74 Å². The van der Waals surface area contributed by atoms with Crippen LogP contribution in [-0.2, 0) is 5.41 Å². The second-order valence-electron chi connectivity index (χ2n) is 3.89. The Morgan fingerprint density at radius 3 is 2.67 bits per heavy atom. The van der Waals surface area contributed by atoms with E-state index in [4.69, 9.17) is 4.74 Å². The number of hydrogen-bond acceptors (Lipinski definition) is 2. The van der Waals surface area contributed by atoms with Gasteiger partial charge in [-0.15, -0.1) is 0 Å². The molecule has 0 spiro atoms. The fraction of sp³-hybridized carbons (Fsp3) is 0.417. The summed E-state index contributed by atoms with van der Waals surface area (Å²) >= 11 is 0. The molecule has 1 aliphatic carbocycles. The lowest BCUT2D eigenvalue weighted by Crippen LogP contribution is -2.32. The van der Waals surface area contributed by atoms with Gasteiger partial charge in [0.25, 0.3) is 0 Å². The van der Waals surface area contributed by atoms with Crippen LogP contribution in [-0.4, -0.2) is 7.11 Å². The van der Waals surface area contributed by atoms with Gasteiger partial charge in [0.15, 0.2) is 0 Å². The molecule has 2 rings (SSSR count). The average molecular weight is 205 g/mol. The maximum Gasteiger partial charge on any atom is 0.126 e. The largest absolute Gasteiger partial charge is 0.496 e. The van der Waals surface area contributed by atoms with Crippen LogP contribution in [0.25, 0.3) is 0 Å². The first-order chi connectivity index (χ1) is 7.22. The van der Waals surface area contributed by atoms with Crippen molar-refractivity contribution < 1.29 is 9.13 Å². The average Bonchev–Trinajstić information content (AvgIpc) is 2.19. The Labute approximate surface area is 88.3 Å². The number of nitrogens with zero attached hydrogens (tertiary/aromatic N) is 1. The van der Waals surface area contributed by atoms with Crippen LogP contribution in [0.5, 0.6) is 5.75 Å². The van der Waals surface area contributed by atoms with E-state index in [9.17, 15) is 9.65 Å². The van der Waals surface area contributed by atoms with Gasteiger partial charge in [0.05, 0.1) is 18.6 Å². The molecule has 15 heavy (non-hydrogen) atoms. The fourth-order valence-corrected chi connectivity index (χ4v) is 2.03. The van der Waals surface area contributed by atoms with Crippen LogP contribution in [0.3, 0.4) is 0 Å². The molecule has 3 heteroatoms. The lowest BCUT2D eigenvalue weighted by Gasteiger charge is -2.36. The zero-order chi connectivity index (χ0) is 10.9. The van der Waals surface area contributed by atoms with Crippen LogP contribution in [0.1, 0.15) is 24.8 Å². The summed E-state index contributed by atoms with van der Waals surface area (Å²) in [6, 6.07) is 6.71. The van der Waals surface area contributed by atoms with E-state index in [2.05, 4.69) is 6.07 Å². The molecule has 0 aromatic heterocycles. The van der Waals surface area contributed by atoms with E-state index in [0.29, 0.717) is 5.75 Å². The van der Waals surface area contributed by atoms with Gasteiger partial charge in [-0.25, -0.2) is 4.39 Å². The number of rotatable bonds is 2. The Morgan fingerprint density at radius 2 is 2.20 bits per heavy atom. The normalized spacial score (nSPS) is 17.7. The van der Waals surface area contributed by atoms with Gasteiger partial charge in [-0.1, -0.05) is 6.07 Å². The molecule has 78 valence electrons. The molecule has 0 saturated heterocycles. The molecule has 2 nitrogen and oxygen atoms in total. The lowest BCUT2D eigenvalue weighted by molar-refractivity contribution is 0.306. The molecule has 0 N–H and O–H groups in total. The van der Waals surface area contributed by atoms with Gasteiger partial charge in [0, 0.05) is 11.6 Å². The molecule has 0 unspecified atom stereocenters. The van der Waals surface area contributed by atoms with Crippen molar-refractivity contribution in [2.45, 2.75) is 24.7 Å². The zero-order valence-electron chi connectivity index (χ0n) is 8.59. The predicted octanol–water partition coefficient (Wildman–Crippen LogP) is 2.78. The van der Waals surface area contributed by atoms with E-state index >= 15 is 0 Å². The Bertz CT molecular complexity index is 418. The van der Waals surface area contributed by atoms with Gasteiger partial charge in [-0.05, 0) is 25.3 Å². The molecule has 1 aliphatic rings. The van der Waals surface area contributed by atoms with Crippen molar-refractivity contribution in [3.63, 3.8) is 0 Å². The summed E-state index contributed by atoms with van der Waals surface area (Å²) < 4.78 is 18.1. The van der Waals surface area contributed by atoms with E-state index in [-0.39, 0.29) is 5.82 Å². The predicted molar refractivity (Wildman–Crippen MR) is 54.1 cm³/mol. The van der Waals surface area contributed by atoms with Crippen LogP contribution in [0, 0.1) is 17.1 Å². The van der Waals surface area contributed by atoms with Crippen LogP contribution in [0.15, 0.2) is 18.2 Å². The molecular weight excluding hydrogens is 193 g/mol. The monoisotopic (exact) mass is 205 g/mol. The fourth-order valence-electron chi connectivity index (χ4n) is 2.03. The van der Waals surface area contributed by atoms with Crippen LogP contribution in [0.2, 0.25) is 0 Å². The summed E-state index contributed by atoms with van der Waals surface area (Å²) in [6.45, 7) is 0. The molecule has 1 fully saturated rings. The van der Waals surface area contributed by atoms with Gasteiger partial charge in [-0.3, -0.25) is 0 Å². The Balaban J connectivity index is 2.48. The summed E-state index contributed by atoms with van der Waals surface area (Å²) in [5, 5.41) is 9.18. The number of nitriles is 1. The Hall–Kier alpha value is -1.56. The van der Waals surface area contributed by atoms with Gasteiger partial charge in [-0.2, -0.15) is 5.26 Å². The SMILES string of the molecule is COc1cc(F)ccc1C1(C#N)CCC1. The molecule has 0 amide bonds. The number of methoxy groups -OCH3 is 1. The first-order valence-electron chi connectivity index (χ1n) is 4.97. The second kappa shape index (κ2) is 3.54. The third kappa shape index (κ3) is 1.46. The van der Waals surface area contributed by atoms with Crippen molar-refractivity contribution in [1.82, 2.24) is 0 Å². The van der Waals surface area contributed by atoms with Gasteiger partial charge in [0.1, 0.15) is 11.6 Å². The maximum absolute atomic E-state index is 13.0. The number of halogens is 1. The van der Waals surface area contributed by atoms with Crippen molar-refractivity contribution in [2.75, 3.05) is 7.11 Å². The van der Waals surface area contributed by atoms with E-state index in [1.54, 1.807) is 6.07 Å². The molecule has 0 radical (unpaired) electrons. The van der Waals surface area contributed by atoms with Crippen molar-refractivity contribution in [1.29, 1.82) is 5.26 Å². The summed E-state index contributed by atoms with van der Waals surface area (Å²) in [4.78, 5) is 0. The Morgan fingerprint density at radius 1 is 1.47 bits per heavy atom. The molecular formula is C12H12FNO. The molecule has 0 heterocycles. The van der Waals surface area contributed by atoms with E-state index in [1.807, 2.05) is 0 Å². The quantitative estimate of drug-likeness (QED) is 0.743. The number of hydrogen-bond donors (Lipinski definition) is 0. The van der Waals surface area contributed by atoms with Crippen molar-refractivity contribution in [2.24, 2.45) is 0 Å². The maximum atomic E-state index is 13.0. The van der Waals surface area contributed by atoms with Crippen LogP contribution < -0.4 is 4.74 Å². The standard InChI is InChI=1S/C12H12FNO/c1-15-11-7-9(13)3-4-10(11)12(8-14)5-2-6-12/h3-4,7H,2,5-6H2,1H3. The van der Waals surface area contributed by atoms with Gasteiger partial charge in [0.2, 0.25) is 0 Å². The molecule has 1 saturated carbocycles. The first kappa shape index (κ1) is 9.97. The lowest BCUT2D eigenvalue weighted by atomic mass is 9.65. The minimum atomic E-state index is -0.445. The Kier molecular flexibility index (Phi) is 2.36. The molecule has 1 aromatic rings. The van der Waals surface area contributed by atoms with Crippen LogP contribution in [0.4, 0.5) is 4.39 Å². The molecule has 0 atom stereocenters.